The molecule has 0 saturated heterocycles. The Morgan fingerprint density at radius 3 is 3.08 bits per heavy atom. The second-order valence-corrected chi connectivity index (χ2v) is 5.27. The van der Waals surface area contributed by atoms with Gasteiger partial charge in [-0.25, -0.2) is 0 Å². The summed E-state index contributed by atoms with van der Waals surface area (Å²) in [7, 11) is 0. The Bertz CT molecular complexity index is 256. The van der Waals surface area contributed by atoms with E-state index in [4.69, 9.17) is 0 Å². The zero-order valence-electron chi connectivity index (χ0n) is 7.62. The van der Waals surface area contributed by atoms with Gasteiger partial charge < -0.3 is 5.32 Å². The lowest BCUT2D eigenvalue weighted by Gasteiger charge is -2.11. The summed E-state index contributed by atoms with van der Waals surface area (Å²) >= 11 is 3.39. The Morgan fingerprint density at radius 1 is 1.69 bits per heavy atom. The summed E-state index contributed by atoms with van der Waals surface area (Å²) in [5.41, 5.74) is 1.06. The van der Waals surface area contributed by atoms with Gasteiger partial charge in [0.05, 0.1) is 5.69 Å². The van der Waals surface area contributed by atoms with Crippen molar-refractivity contribution in [3.05, 3.63) is 11.1 Å². The lowest BCUT2D eigenvalue weighted by molar-refractivity contribution is 0.651. The van der Waals surface area contributed by atoms with E-state index in [-0.39, 0.29) is 0 Å². The van der Waals surface area contributed by atoms with Crippen LogP contribution in [0.15, 0.2) is 5.38 Å². The van der Waals surface area contributed by atoms with Crippen molar-refractivity contribution in [2.75, 3.05) is 12.8 Å². The fraction of sp³-hybridized carbons (Fsp3) is 0.750. The van der Waals surface area contributed by atoms with Gasteiger partial charge in [-0.1, -0.05) is 4.49 Å². The summed E-state index contributed by atoms with van der Waals surface area (Å²) < 4.78 is 4.36. The molecular formula is C8H13N3S2. The largest absolute Gasteiger partial charge is 0.310 e. The number of nitrogens with zero attached hydrogens (tertiary/aromatic N) is 2. The van der Waals surface area contributed by atoms with Crippen LogP contribution in [-0.4, -0.2) is 27.1 Å². The number of hydrogen-bond acceptors (Lipinski definition) is 5. The van der Waals surface area contributed by atoms with E-state index in [1.165, 1.54) is 24.4 Å². The summed E-state index contributed by atoms with van der Waals surface area (Å²) in [5, 5.41) is 9.40. The van der Waals surface area contributed by atoms with Crippen LogP contribution >= 0.6 is 23.3 Å². The molecule has 0 radical (unpaired) electrons. The molecule has 0 aliphatic heterocycles. The molecule has 2 rings (SSSR count). The minimum absolute atomic E-state index is 0.545. The topological polar surface area (TPSA) is 37.8 Å². The number of aromatic nitrogens is 2. The Kier molecular flexibility index (Phi) is 2.86. The van der Waals surface area contributed by atoms with Gasteiger partial charge in [-0.05, 0) is 30.6 Å². The van der Waals surface area contributed by atoms with E-state index in [9.17, 15) is 0 Å². The van der Waals surface area contributed by atoms with E-state index in [1.807, 2.05) is 17.1 Å². The second-order valence-electron chi connectivity index (χ2n) is 3.39. The average Bonchev–Trinajstić information content (AvgIpc) is 2.74. The van der Waals surface area contributed by atoms with E-state index in [2.05, 4.69) is 21.2 Å². The number of hydrogen-bond donors (Lipinski definition) is 1. The quantitative estimate of drug-likeness (QED) is 0.808. The highest BCUT2D eigenvalue weighted by atomic mass is 32.2. The standard InChI is InChI=1S/C8H13N3S2/c1-12-8(2-3-8)6-9-4-7-5-13-11-10-7/h5,9H,2-4,6H2,1H3. The monoisotopic (exact) mass is 215 g/mol. The van der Waals surface area contributed by atoms with Crippen LogP contribution in [-0.2, 0) is 6.54 Å². The third kappa shape index (κ3) is 2.42. The predicted molar refractivity (Wildman–Crippen MR) is 57.1 cm³/mol. The fourth-order valence-electron chi connectivity index (χ4n) is 1.27. The van der Waals surface area contributed by atoms with Crippen molar-refractivity contribution in [2.45, 2.75) is 24.1 Å². The minimum Gasteiger partial charge on any atom is -0.310 e. The van der Waals surface area contributed by atoms with E-state index in [1.54, 1.807) is 0 Å². The van der Waals surface area contributed by atoms with Gasteiger partial charge in [-0.3, -0.25) is 0 Å². The van der Waals surface area contributed by atoms with Crippen molar-refractivity contribution < 1.29 is 0 Å². The summed E-state index contributed by atoms with van der Waals surface area (Å²) in [4.78, 5) is 0. The van der Waals surface area contributed by atoms with E-state index in [0.29, 0.717) is 4.75 Å². The molecule has 0 bridgehead atoms. The van der Waals surface area contributed by atoms with Gasteiger partial charge in [-0.15, -0.1) is 5.10 Å². The van der Waals surface area contributed by atoms with Crippen LogP contribution in [0.25, 0.3) is 0 Å². The maximum Gasteiger partial charge on any atom is 0.0893 e. The molecule has 13 heavy (non-hydrogen) atoms. The molecule has 1 aromatic heterocycles. The second kappa shape index (κ2) is 3.94. The average molecular weight is 215 g/mol. The third-order valence-corrected chi connectivity index (χ3v) is 4.37. The van der Waals surface area contributed by atoms with Crippen LogP contribution in [0.5, 0.6) is 0 Å². The molecule has 1 aliphatic carbocycles. The molecule has 72 valence electrons. The van der Waals surface area contributed by atoms with Gasteiger partial charge in [-0.2, -0.15) is 11.8 Å². The number of rotatable bonds is 5. The Labute approximate surface area is 86.5 Å². The predicted octanol–water partition coefficient (Wildman–Crippen LogP) is 1.52. The molecule has 1 saturated carbocycles. The van der Waals surface area contributed by atoms with Gasteiger partial charge in [0.15, 0.2) is 0 Å². The van der Waals surface area contributed by atoms with Gasteiger partial charge in [0.1, 0.15) is 0 Å². The van der Waals surface area contributed by atoms with Crippen LogP contribution in [0.2, 0.25) is 0 Å². The molecule has 1 heterocycles. The van der Waals surface area contributed by atoms with E-state index < -0.39 is 0 Å². The van der Waals surface area contributed by atoms with Crippen LogP contribution in [0, 0.1) is 0 Å². The first-order valence-corrected chi connectivity index (χ1v) is 6.43. The van der Waals surface area contributed by atoms with Crippen LogP contribution in [0.3, 0.4) is 0 Å². The molecule has 1 aliphatic rings. The fourth-order valence-corrected chi connectivity index (χ4v) is 2.48. The zero-order valence-corrected chi connectivity index (χ0v) is 9.25. The minimum atomic E-state index is 0.545. The Balaban J connectivity index is 1.70. The molecule has 0 aromatic carbocycles. The molecule has 0 unspecified atom stereocenters. The molecule has 0 amide bonds. The molecule has 1 N–H and O–H groups in total. The first-order chi connectivity index (χ1) is 6.35. The highest BCUT2D eigenvalue weighted by molar-refractivity contribution is 8.00. The molecule has 0 spiro atoms. The first kappa shape index (κ1) is 9.43. The lowest BCUT2D eigenvalue weighted by atomic mass is 10.4. The van der Waals surface area contributed by atoms with Crippen LogP contribution in [0.4, 0.5) is 0 Å². The van der Waals surface area contributed by atoms with Gasteiger partial charge in [0.2, 0.25) is 0 Å². The molecule has 3 nitrogen and oxygen atoms in total. The van der Waals surface area contributed by atoms with Crippen molar-refractivity contribution in [1.82, 2.24) is 14.9 Å². The van der Waals surface area contributed by atoms with Crippen molar-refractivity contribution in [3.8, 4) is 0 Å². The molecule has 1 aromatic rings. The maximum atomic E-state index is 3.98. The summed E-state index contributed by atoms with van der Waals surface area (Å²) in [5.74, 6) is 0. The first-order valence-electron chi connectivity index (χ1n) is 4.36. The smallest absolute Gasteiger partial charge is 0.0893 e. The third-order valence-electron chi connectivity index (χ3n) is 2.40. The normalized spacial score (nSPS) is 18.8. The van der Waals surface area contributed by atoms with Gasteiger partial charge >= 0.3 is 0 Å². The van der Waals surface area contributed by atoms with Crippen molar-refractivity contribution in [1.29, 1.82) is 0 Å². The summed E-state index contributed by atoms with van der Waals surface area (Å²) in [6, 6.07) is 0. The number of thioether (sulfide) groups is 1. The van der Waals surface area contributed by atoms with E-state index in [0.717, 1.165) is 18.8 Å². The molecule has 1 fully saturated rings. The highest BCUT2D eigenvalue weighted by Gasteiger charge is 2.41. The highest BCUT2D eigenvalue weighted by Crippen LogP contribution is 2.46. The van der Waals surface area contributed by atoms with E-state index >= 15 is 0 Å². The van der Waals surface area contributed by atoms with Crippen molar-refractivity contribution >= 4 is 23.3 Å². The zero-order chi connectivity index (χ0) is 9.15. The van der Waals surface area contributed by atoms with Crippen molar-refractivity contribution in [3.63, 3.8) is 0 Å². The Hall–Kier alpha value is -0.130. The van der Waals surface area contributed by atoms with Gasteiger partial charge in [0, 0.05) is 23.2 Å². The van der Waals surface area contributed by atoms with Crippen LogP contribution in [0.1, 0.15) is 18.5 Å². The van der Waals surface area contributed by atoms with Crippen LogP contribution < -0.4 is 5.32 Å². The van der Waals surface area contributed by atoms with Gasteiger partial charge in [0.25, 0.3) is 0 Å². The molecule has 5 heteroatoms. The number of nitrogens with one attached hydrogen (secondary N) is 1. The molecular weight excluding hydrogens is 202 g/mol. The SMILES string of the molecule is CSC1(CNCc2csnn2)CC1. The summed E-state index contributed by atoms with van der Waals surface area (Å²) in [6.45, 7) is 1.96. The summed E-state index contributed by atoms with van der Waals surface area (Å²) in [6.07, 6.45) is 4.91. The van der Waals surface area contributed by atoms with Crippen molar-refractivity contribution in [2.24, 2.45) is 0 Å². The maximum absolute atomic E-state index is 3.98. The molecule has 0 atom stereocenters. The lowest BCUT2D eigenvalue weighted by Crippen LogP contribution is -2.25. The Morgan fingerprint density at radius 2 is 2.54 bits per heavy atom.